The second kappa shape index (κ2) is 4.75. The van der Waals surface area contributed by atoms with Crippen molar-refractivity contribution in [3.8, 4) is 0 Å². The number of amides is 1. The van der Waals surface area contributed by atoms with Gasteiger partial charge in [0.1, 0.15) is 5.82 Å². The van der Waals surface area contributed by atoms with Crippen molar-refractivity contribution in [2.45, 2.75) is 6.92 Å². The van der Waals surface area contributed by atoms with Gasteiger partial charge in [0.2, 0.25) is 0 Å². The summed E-state index contributed by atoms with van der Waals surface area (Å²) in [6.45, 7) is 2.97. The third-order valence-corrected chi connectivity index (χ3v) is 2.21. The van der Waals surface area contributed by atoms with Crippen LogP contribution in [0, 0.1) is 6.92 Å². The van der Waals surface area contributed by atoms with E-state index in [4.69, 9.17) is 11.5 Å². The minimum absolute atomic E-state index is 0.459. The van der Waals surface area contributed by atoms with E-state index in [0.717, 1.165) is 5.56 Å². The molecule has 0 radical (unpaired) electrons. The summed E-state index contributed by atoms with van der Waals surface area (Å²) in [5.74, 6) is 0.132. The number of hydrogen-bond donors (Lipinski definition) is 2. The maximum absolute atomic E-state index is 11.3. The lowest BCUT2D eigenvalue weighted by Gasteiger charge is -2.20. The Hall–Kier alpha value is -1.62. The quantitative estimate of drug-likeness (QED) is 0.722. The van der Waals surface area contributed by atoms with E-state index >= 15 is 0 Å². The number of likely N-dealkylation sites (N-methyl/N-ethyl adjacent to an activating group) is 1. The van der Waals surface area contributed by atoms with Crippen LogP contribution in [-0.4, -0.2) is 31.0 Å². The van der Waals surface area contributed by atoms with Crippen LogP contribution in [0.2, 0.25) is 0 Å². The number of carbonyl (C=O) groups excluding carboxylic acids is 1. The first kappa shape index (κ1) is 11.5. The number of hydrogen-bond acceptors (Lipinski definition) is 4. The van der Waals surface area contributed by atoms with Gasteiger partial charge in [0.15, 0.2) is 0 Å². The molecule has 0 aliphatic heterocycles. The van der Waals surface area contributed by atoms with Gasteiger partial charge in [-0.25, -0.2) is 4.98 Å². The Morgan fingerprint density at radius 3 is 2.80 bits per heavy atom. The molecule has 0 atom stereocenters. The van der Waals surface area contributed by atoms with E-state index in [1.54, 1.807) is 12.3 Å². The molecule has 5 heteroatoms. The molecule has 1 rings (SSSR count). The van der Waals surface area contributed by atoms with Crippen LogP contribution in [0.3, 0.4) is 0 Å². The summed E-state index contributed by atoms with van der Waals surface area (Å²) in [5, 5.41) is 0. The van der Waals surface area contributed by atoms with Gasteiger partial charge in [-0.05, 0) is 18.6 Å². The molecular formula is C10H16N4O. The molecule has 0 unspecified atom stereocenters. The molecule has 0 aromatic carbocycles. The number of rotatable bonds is 4. The molecule has 0 saturated heterocycles. The van der Waals surface area contributed by atoms with Crippen molar-refractivity contribution in [3.05, 3.63) is 23.4 Å². The van der Waals surface area contributed by atoms with Crippen molar-refractivity contribution in [3.63, 3.8) is 0 Å². The van der Waals surface area contributed by atoms with Gasteiger partial charge >= 0.3 is 0 Å². The van der Waals surface area contributed by atoms with Crippen LogP contribution in [0.15, 0.2) is 12.3 Å². The minimum atomic E-state index is -0.459. The lowest BCUT2D eigenvalue weighted by Crippen LogP contribution is -2.29. The van der Waals surface area contributed by atoms with Crippen LogP contribution in [0.4, 0.5) is 5.82 Å². The lowest BCUT2D eigenvalue weighted by atomic mass is 10.1. The molecular weight excluding hydrogens is 192 g/mol. The van der Waals surface area contributed by atoms with Crippen LogP contribution in [0.1, 0.15) is 15.9 Å². The molecule has 0 saturated carbocycles. The first-order valence-corrected chi connectivity index (χ1v) is 4.74. The zero-order valence-electron chi connectivity index (χ0n) is 9.03. The summed E-state index contributed by atoms with van der Waals surface area (Å²) in [6, 6.07) is 1.76. The summed E-state index contributed by atoms with van der Waals surface area (Å²) in [6.07, 6.45) is 1.66. The van der Waals surface area contributed by atoms with Crippen LogP contribution in [0.25, 0.3) is 0 Å². The predicted octanol–water partition coefficient (Wildman–Crippen LogP) is -0.116. The maximum Gasteiger partial charge on any atom is 0.252 e. The molecule has 5 nitrogen and oxygen atoms in total. The Labute approximate surface area is 89.1 Å². The van der Waals surface area contributed by atoms with Gasteiger partial charge in [-0.15, -0.1) is 0 Å². The topological polar surface area (TPSA) is 85.2 Å². The fourth-order valence-electron chi connectivity index (χ4n) is 1.44. The van der Waals surface area contributed by atoms with E-state index < -0.39 is 5.91 Å². The molecule has 0 spiro atoms. The Bertz CT molecular complexity index is 364. The van der Waals surface area contributed by atoms with Crippen molar-refractivity contribution < 1.29 is 4.79 Å². The number of primary amides is 1. The molecule has 0 aliphatic carbocycles. The minimum Gasteiger partial charge on any atom is -0.365 e. The van der Waals surface area contributed by atoms with Crippen molar-refractivity contribution in [1.82, 2.24) is 4.98 Å². The summed E-state index contributed by atoms with van der Waals surface area (Å²) in [7, 11) is 1.83. The third kappa shape index (κ3) is 2.44. The summed E-state index contributed by atoms with van der Waals surface area (Å²) in [5.41, 5.74) is 12.1. The number of aryl methyl sites for hydroxylation is 1. The molecule has 0 fully saturated rings. The van der Waals surface area contributed by atoms with Crippen molar-refractivity contribution in [2.24, 2.45) is 11.5 Å². The van der Waals surface area contributed by atoms with E-state index in [1.807, 2.05) is 18.9 Å². The number of carbonyl (C=O) groups is 1. The highest BCUT2D eigenvalue weighted by molar-refractivity contribution is 5.99. The SMILES string of the molecule is Cc1ccnc(N(C)CCN)c1C(N)=O. The fraction of sp³-hybridized carbons (Fsp3) is 0.400. The van der Waals surface area contributed by atoms with Crippen LogP contribution < -0.4 is 16.4 Å². The zero-order chi connectivity index (χ0) is 11.4. The zero-order valence-corrected chi connectivity index (χ0v) is 9.03. The predicted molar refractivity (Wildman–Crippen MR) is 59.8 cm³/mol. The van der Waals surface area contributed by atoms with E-state index in [2.05, 4.69) is 4.98 Å². The van der Waals surface area contributed by atoms with Gasteiger partial charge < -0.3 is 16.4 Å². The molecule has 0 aliphatic rings. The average Bonchev–Trinajstić information content (AvgIpc) is 2.17. The monoisotopic (exact) mass is 208 g/mol. The first-order chi connectivity index (χ1) is 7.07. The Morgan fingerprint density at radius 1 is 1.60 bits per heavy atom. The van der Waals surface area contributed by atoms with Crippen molar-refractivity contribution >= 4 is 11.7 Å². The number of nitrogens with zero attached hydrogens (tertiary/aromatic N) is 2. The summed E-state index contributed by atoms with van der Waals surface area (Å²) >= 11 is 0. The summed E-state index contributed by atoms with van der Waals surface area (Å²) < 4.78 is 0. The van der Waals surface area contributed by atoms with Crippen LogP contribution >= 0.6 is 0 Å². The number of nitrogens with two attached hydrogens (primary N) is 2. The summed E-state index contributed by atoms with van der Waals surface area (Å²) in [4.78, 5) is 17.3. The van der Waals surface area contributed by atoms with Gasteiger partial charge in [0, 0.05) is 26.3 Å². The van der Waals surface area contributed by atoms with Gasteiger partial charge in [-0.1, -0.05) is 0 Å². The van der Waals surface area contributed by atoms with Gasteiger partial charge in [0.05, 0.1) is 5.56 Å². The Balaban J connectivity index is 3.16. The maximum atomic E-state index is 11.3. The largest absolute Gasteiger partial charge is 0.365 e. The molecule has 1 aromatic heterocycles. The first-order valence-electron chi connectivity index (χ1n) is 4.74. The molecule has 15 heavy (non-hydrogen) atoms. The third-order valence-electron chi connectivity index (χ3n) is 2.21. The average molecular weight is 208 g/mol. The Kier molecular flexibility index (Phi) is 3.62. The van der Waals surface area contributed by atoms with E-state index in [0.29, 0.717) is 24.5 Å². The molecule has 0 bridgehead atoms. The highest BCUT2D eigenvalue weighted by Gasteiger charge is 2.15. The Morgan fingerprint density at radius 2 is 2.27 bits per heavy atom. The highest BCUT2D eigenvalue weighted by atomic mass is 16.1. The van der Waals surface area contributed by atoms with Crippen molar-refractivity contribution in [2.75, 3.05) is 25.0 Å². The number of pyridine rings is 1. The second-order valence-electron chi connectivity index (χ2n) is 3.40. The van der Waals surface area contributed by atoms with E-state index in [1.165, 1.54) is 0 Å². The normalized spacial score (nSPS) is 10.1. The molecule has 1 aromatic rings. The second-order valence-corrected chi connectivity index (χ2v) is 3.40. The number of aromatic nitrogens is 1. The van der Waals surface area contributed by atoms with Crippen LogP contribution in [-0.2, 0) is 0 Å². The smallest absolute Gasteiger partial charge is 0.252 e. The highest BCUT2D eigenvalue weighted by Crippen LogP contribution is 2.18. The molecule has 82 valence electrons. The van der Waals surface area contributed by atoms with E-state index in [9.17, 15) is 4.79 Å². The standard InChI is InChI=1S/C10H16N4O/c1-7-3-5-13-10(8(7)9(12)15)14(2)6-4-11/h3,5H,4,6,11H2,1-2H3,(H2,12,15). The molecule has 4 N–H and O–H groups in total. The fourth-order valence-corrected chi connectivity index (χ4v) is 1.44. The van der Waals surface area contributed by atoms with Gasteiger partial charge in [-0.2, -0.15) is 0 Å². The number of anilines is 1. The molecule has 1 amide bonds. The van der Waals surface area contributed by atoms with Gasteiger partial charge in [-0.3, -0.25) is 4.79 Å². The lowest BCUT2D eigenvalue weighted by molar-refractivity contribution is 0.1000. The molecule has 1 heterocycles. The van der Waals surface area contributed by atoms with E-state index in [-0.39, 0.29) is 0 Å². The van der Waals surface area contributed by atoms with Crippen LogP contribution in [0.5, 0.6) is 0 Å². The van der Waals surface area contributed by atoms with Gasteiger partial charge in [0.25, 0.3) is 5.91 Å². The van der Waals surface area contributed by atoms with Crippen molar-refractivity contribution in [1.29, 1.82) is 0 Å².